The lowest BCUT2D eigenvalue weighted by atomic mass is 9.79. The van der Waals surface area contributed by atoms with Gasteiger partial charge in [0.15, 0.2) is 0 Å². The SMILES string of the molecule is COc1ccc2c(c1)CCC[C@]2(O)CNC(=O)c1snnc1C. The van der Waals surface area contributed by atoms with Gasteiger partial charge in [-0.1, -0.05) is 10.6 Å². The number of ether oxygens (including phenoxy) is 1. The van der Waals surface area contributed by atoms with Crippen molar-refractivity contribution in [1.29, 1.82) is 0 Å². The summed E-state index contributed by atoms with van der Waals surface area (Å²) in [7, 11) is 1.63. The summed E-state index contributed by atoms with van der Waals surface area (Å²) >= 11 is 1.06. The van der Waals surface area contributed by atoms with Gasteiger partial charge in [0.1, 0.15) is 16.2 Å². The van der Waals surface area contributed by atoms with Crippen molar-refractivity contribution in [3.8, 4) is 5.75 Å². The standard InChI is InChI=1S/C16H19N3O3S/c1-10-14(23-19-18-10)15(20)17-9-16(21)7-3-4-11-8-12(22-2)5-6-13(11)16/h5-6,8,21H,3-4,7,9H2,1-2H3,(H,17,20)/t16-/m0/s1. The number of nitrogens with zero attached hydrogens (tertiary/aromatic N) is 2. The molecule has 2 aromatic rings. The van der Waals surface area contributed by atoms with Gasteiger partial charge in [0.2, 0.25) is 0 Å². The minimum atomic E-state index is -1.05. The molecule has 1 aliphatic carbocycles. The van der Waals surface area contributed by atoms with Crippen LogP contribution in [0.4, 0.5) is 0 Å². The van der Waals surface area contributed by atoms with Gasteiger partial charge in [-0.15, -0.1) is 5.10 Å². The van der Waals surface area contributed by atoms with E-state index in [1.54, 1.807) is 14.0 Å². The Morgan fingerprint density at radius 1 is 1.52 bits per heavy atom. The minimum absolute atomic E-state index is 0.169. The second-order valence-corrected chi connectivity index (χ2v) is 6.53. The number of aromatic nitrogens is 2. The van der Waals surface area contributed by atoms with Gasteiger partial charge in [-0.05, 0) is 61.0 Å². The lowest BCUT2D eigenvalue weighted by molar-refractivity contribution is 0.0189. The number of fused-ring (bicyclic) bond motifs is 1. The number of amides is 1. The van der Waals surface area contributed by atoms with Gasteiger partial charge in [0.25, 0.3) is 5.91 Å². The smallest absolute Gasteiger partial charge is 0.265 e. The lowest BCUT2D eigenvalue weighted by Crippen LogP contribution is -2.43. The molecule has 0 radical (unpaired) electrons. The maximum atomic E-state index is 12.2. The van der Waals surface area contributed by atoms with Gasteiger partial charge >= 0.3 is 0 Å². The van der Waals surface area contributed by atoms with E-state index in [-0.39, 0.29) is 12.5 Å². The van der Waals surface area contributed by atoms with Crippen LogP contribution in [-0.2, 0) is 12.0 Å². The van der Waals surface area contributed by atoms with E-state index in [2.05, 4.69) is 14.9 Å². The molecular weight excluding hydrogens is 314 g/mol. The number of carbonyl (C=O) groups excluding carboxylic acids is 1. The number of nitrogens with one attached hydrogen (secondary N) is 1. The van der Waals surface area contributed by atoms with Crippen molar-refractivity contribution in [1.82, 2.24) is 14.9 Å². The second-order valence-electron chi connectivity index (χ2n) is 5.78. The first-order chi connectivity index (χ1) is 11.0. The molecule has 122 valence electrons. The van der Waals surface area contributed by atoms with E-state index in [4.69, 9.17) is 4.74 Å². The Balaban J connectivity index is 1.78. The van der Waals surface area contributed by atoms with Crippen LogP contribution in [0, 0.1) is 6.92 Å². The maximum absolute atomic E-state index is 12.2. The van der Waals surface area contributed by atoms with E-state index in [1.807, 2.05) is 18.2 Å². The van der Waals surface area contributed by atoms with E-state index in [1.165, 1.54) is 0 Å². The van der Waals surface area contributed by atoms with E-state index < -0.39 is 5.60 Å². The van der Waals surface area contributed by atoms with Crippen molar-refractivity contribution < 1.29 is 14.6 Å². The van der Waals surface area contributed by atoms with Crippen LogP contribution in [0.2, 0.25) is 0 Å². The Morgan fingerprint density at radius 3 is 3.04 bits per heavy atom. The fourth-order valence-electron chi connectivity index (χ4n) is 2.99. The summed E-state index contributed by atoms with van der Waals surface area (Å²) in [5.41, 5.74) is 1.49. The first-order valence-electron chi connectivity index (χ1n) is 7.50. The number of hydrogen-bond donors (Lipinski definition) is 2. The van der Waals surface area contributed by atoms with Gasteiger partial charge in [-0.2, -0.15) is 0 Å². The second kappa shape index (κ2) is 6.25. The zero-order valence-corrected chi connectivity index (χ0v) is 13.9. The molecule has 0 fully saturated rings. The number of carbonyl (C=O) groups is 1. The normalized spacial score (nSPS) is 20.0. The van der Waals surface area contributed by atoms with Crippen LogP contribution in [0.1, 0.15) is 39.3 Å². The number of methoxy groups -OCH3 is 1. The Morgan fingerprint density at radius 2 is 2.35 bits per heavy atom. The molecule has 1 amide bonds. The number of rotatable bonds is 4. The van der Waals surface area contributed by atoms with Crippen LogP contribution in [0.5, 0.6) is 5.75 Å². The average molecular weight is 333 g/mol. The first-order valence-corrected chi connectivity index (χ1v) is 8.28. The topological polar surface area (TPSA) is 84.3 Å². The van der Waals surface area contributed by atoms with Crippen LogP contribution < -0.4 is 10.1 Å². The molecule has 7 heteroatoms. The predicted octanol–water partition coefficient (Wildman–Crippen LogP) is 1.81. The van der Waals surface area contributed by atoms with Crippen LogP contribution >= 0.6 is 11.5 Å². The van der Waals surface area contributed by atoms with Gasteiger partial charge < -0.3 is 15.2 Å². The molecule has 1 aliphatic rings. The number of aliphatic hydroxyl groups is 1. The molecule has 0 unspecified atom stereocenters. The van der Waals surface area contributed by atoms with Crippen molar-refractivity contribution in [3.05, 3.63) is 39.9 Å². The minimum Gasteiger partial charge on any atom is -0.497 e. The molecule has 0 spiro atoms. The molecule has 0 bridgehead atoms. The molecule has 0 saturated carbocycles. The van der Waals surface area contributed by atoms with E-state index in [0.717, 1.165) is 41.3 Å². The zero-order valence-electron chi connectivity index (χ0n) is 13.1. The van der Waals surface area contributed by atoms with E-state index in [9.17, 15) is 9.90 Å². The first kappa shape index (κ1) is 15.9. The maximum Gasteiger partial charge on any atom is 0.265 e. The van der Waals surface area contributed by atoms with Crippen molar-refractivity contribution >= 4 is 17.4 Å². The summed E-state index contributed by atoms with van der Waals surface area (Å²) in [5, 5.41) is 17.7. The molecule has 2 N–H and O–H groups in total. The molecule has 0 saturated heterocycles. The van der Waals surface area contributed by atoms with E-state index in [0.29, 0.717) is 17.0 Å². The van der Waals surface area contributed by atoms with Gasteiger partial charge in [-0.25, -0.2) is 0 Å². The molecule has 1 atom stereocenters. The summed E-state index contributed by atoms with van der Waals surface area (Å²) in [5.74, 6) is 0.537. The van der Waals surface area contributed by atoms with Crippen LogP contribution in [0.15, 0.2) is 18.2 Å². The number of hydrogen-bond acceptors (Lipinski definition) is 6. The third kappa shape index (κ3) is 3.07. The molecule has 0 aliphatic heterocycles. The quantitative estimate of drug-likeness (QED) is 0.891. The summed E-state index contributed by atoms with van der Waals surface area (Å²) in [6, 6.07) is 5.69. The van der Waals surface area contributed by atoms with Crippen LogP contribution in [0.25, 0.3) is 0 Å². The van der Waals surface area contributed by atoms with Crippen LogP contribution in [0.3, 0.4) is 0 Å². The third-order valence-corrected chi connectivity index (χ3v) is 5.08. The Labute approximate surface area is 138 Å². The predicted molar refractivity (Wildman–Crippen MR) is 86.8 cm³/mol. The average Bonchev–Trinajstić information content (AvgIpc) is 2.99. The zero-order chi connectivity index (χ0) is 16.4. The van der Waals surface area contributed by atoms with Gasteiger partial charge in [0.05, 0.1) is 19.3 Å². The summed E-state index contributed by atoms with van der Waals surface area (Å²) < 4.78 is 9.01. The van der Waals surface area contributed by atoms with E-state index >= 15 is 0 Å². The highest BCUT2D eigenvalue weighted by atomic mass is 32.1. The third-order valence-electron chi connectivity index (χ3n) is 4.25. The Hall–Kier alpha value is -1.99. The van der Waals surface area contributed by atoms with Crippen LogP contribution in [-0.4, -0.2) is 34.3 Å². The number of aryl methyl sites for hydroxylation is 2. The molecule has 1 aromatic carbocycles. The van der Waals surface area contributed by atoms with Crippen molar-refractivity contribution in [2.45, 2.75) is 31.8 Å². The summed E-state index contributed by atoms with van der Waals surface area (Å²) in [4.78, 5) is 12.7. The summed E-state index contributed by atoms with van der Waals surface area (Å²) in [6.45, 7) is 1.91. The summed E-state index contributed by atoms with van der Waals surface area (Å²) in [6.07, 6.45) is 2.39. The van der Waals surface area contributed by atoms with Gasteiger partial charge in [-0.3, -0.25) is 4.79 Å². The van der Waals surface area contributed by atoms with Gasteiger partial charge in [0, 0.05) is 0 Å². The van der Waals surface area contributed by atoms with Crippen molar-refractivity contribution in [3.63, 3.8) is 0 Å². The highest BCUT2D eigenvalue weighted by molar-refractivity contribution is 7.07. The highest BCUT2D eigenvalue weighted by Crippen LogP contribution is 2.36. The highest BCUT2D eigenvalue weighted by Gasteiger charge is 2.35. The Kier molecular flexibility index (Phi) is 4.32. The number of benzene rings is 1. The molecule has 1 aromatic heterocycles. The molecule has 23 heavy (non-hydrogen) atoms. The Bertz CT molecular complexity index is 731. The fourth-order valence-corrected chi connectivity index (χ4v) is 3.57. The molecule has 6 nitrogen and oxygen atoms in total. The largest absolute Gasteiger partial charge is 0.497 e. The monoisotopic (exact) mass is 333 g/mol. The lowest BCUT2D eigenvalue weighted by Gasteiger charge is -2.34. The molecule has 3 rings (SSSR count). The molecular formula is C16H19N3O3S. The fraction of sp³-hybridized carbons (Fsp3) is 0.438. The van der Waals surface area contributed by atoms with Crippen molar-refractivity contribution in [2.24, 2.45) is 0 Å². The van der Waals surface area contributed by atoms with Crippen molar-refractivity contribution in [2.75, 3.05) is 13.7 Å². The molecule has 1 heterocycles.